The van der Waals surface area contributed by atoms with Gasteiger partial charge < -0.3 is 24.7 Å². The van der Waals surface area contributed by atoms with Gasteiger partial charge in [-0.15, -0.1) is 0 Å². The second kappa shape index (κ2) is 11.2. The number of carbonyl (C=O) groups is 3. The first kappa shape index (κ1) is 29.6. The van der Waals surface area contributed by atoms with Crippen LogP contribution in [0.15, 0.2) is 53.5 Å². The molecular weight excluding hydrogens is 581 g/mol. The van der Waals surface area contributed by atoms with Crippen molar-refractivity contribution in [2.24, 2.45) is 5.73 Å². The maximum Gasteiger partial charge on any atom is 0.274 e. The quantitative estimate of drug-likeness (QED) is 0.408. The van der Waals surface area contributed by atoms with Crippen molar-refractivity contribution in [1.29, 1.82) is 0 Å². The number of nitrogens with zero attached hydrogens (tertiary/aromatic N) is 3. The van der Waals surface area contributed by atoms with E-state index in [1.54, 1.807) is 29.2 Å². The summed E-state index contributed by atoms with van der Waals surface area (Å²) in [6.07, 6.45) is 2.63. The molecule has 3 aromatic rings. The lowest BCUT2D eigenvalue weighted by atomic mass is 9.83. The van der Waals surface area contributed by atoms with Crippen molar-refractivity contribution in [2.75, 3.05) is 6.54 Å². The van der Waals surface area contributed by atoms with Crippen molar-refractivity contribution >= 4 is 18.1 Å². The van der Waals surface area contributed by atoms with Crippen molar-refractivity contribution in [3.63, 3.8) is 0 Å². The van der Waals surface area contributed by atoms with E-state index in [4.69, 9.17) is 15.3 Å². The fourth-order valence-electron chi connectivity index (χ4n) is 6.45. The molecule has 2 fully saturated rings. The van der Waals surface area contributed by atoms with Crippen LogP contribution in [-0.4, -0.2) is 56.9 Å². The van der Waals surface area contributed by atoms with Gasteiger partial charge in [0.05, 0.1) is 18.6 Å². The number of nitrogens with two attached hydrogens (primary N) is 1. The lowest BCUT2D eigenvalue weighted by Crippen LogP contribution is -2.52. The second-order valence-electron chi connectivity index (χ2n) is 11.4. The fraction of sp³-hybridized carbons (Fsp3) is 0.355. The van der Waals surface area contributed by atoms with E-state index in [0.29, 0.717) is 36.8 Å². The molecule has 13 heteroatoms. The third-order valence-electron chi connectivity index (χ3n) is 8.78. The maximum absolute atomic E-state index is 14.6. The van der Waals surface area contributed by atoms with Gasteiger partial charge in [0, 0.05) is 42.9 Å². The predicted octanol–water partition coefficient (Wildman–Crippen LogP) is 3.27. The van der Waals surface area contributed by atoms with Crippen LogP contribution in [0.1, 0.15) is 64.2 Å². The molecule has 1 spiro atoms. The van der Waals surface area contributed by atoms with Crippen LogP contribution in [0.4, 0.5) is 13.2 Å². The molecule has 3 aliphatic rings. The van der Waals surface area contributed by atoms with Crippen molar-refractivity contribution in [3.05, 3.63) is 98.7 Å². The molecule has 3 aliphatic heterocycles. The molecule has 2 amide bonds. The third-order valence-corrected chi connectivity index (χ3v) is 8.78. The highest BCUT2D eigenvalue weighted by Crippen LogP contribution is 2.49. The van der Waals surface area contributed by atoms with E-state index in [2.05, 4.69) is 0 Å². The third kappa shape index (κ3) is 4.95. The summed E-state index contributed by atoms with van der Waals surface area (Å²) in [5, 5.41) is 1.16. The van der Waals surface area contributed by atoms with Gasteiger partial charge in [0.1, 0.15) is 41.5 Å². The topological polar surface area (TPSA) is 124 Å². The number of carbonyl (C=O) groups excluding carboxylic acids is 3. The number of benzene rings is 2. The molecule has 1 unspecified atom stereocenters. The predicted molar refractivity (Wildman–Crippen MR) is 149 cm³/mol. The smallest absolute Gasteiger partial charge is 0.274 e. The first-order valence-electron chi connectivity index (χ1n) is 14.1. The Balaban J connectivity index is 1.46. The summed E-state index contributed by atoms with van der Waals surface area (Å²) in [4.78, 5) is 60.2. The number of primary amides is 1. The zero-order chi connectivity index (χ0) is 31.3. The zero-order valence-electron chi connectivity index (χ0n) is 23.7. The van der Waals surface area contributed by atoms with Crippen LogP contribution < -0.4 is 15.9 Å². The van der Waals surface area contributed by atoms with Gasteiger partial charge in [-0.05, 0) is 25.3 Å². The molecule has 44 heavy (non-hydrogen) atoms. The van der Waals surface area contributed by atoms with Crippen LogP contribution in [0.3, 0.4) is 0 Å². The average molecular weight is 611 g/mol. The lowest BCUT2D eigenvalue weighted by Gasteiger charge is -2.43. The summed E-state index contributed by atoms with van der Waals surface area (Å²) in [6.45, 7) is 1.36. The van der Waals surface area contributed by atoms with Crippen LogP contribution in [0.2, 0.25) is 0 Å². The van der Waals surface area contributed by atoms with E-state index in [1.807, 2.05) is 13.0 Å². The Labute approximate surface area is 249 Å². The van der Waals surface area contributed by atoms with Crippen LogP contribution in [0, 0.1) is 17.5 Å². The van der Waals surface area contributed by atoms with Gasteiger partial charge in [-0.1, -0.05) is 30.3 Å². The highest BCUT2D eigenvalue weighted by Gasteiger charge is 2.56. The first-order valence-corrected chi connectivity index (χ1v) is 14.1. The summed E-state index contributed by atoms with van der Waals surface area (Å²) >= 11 is 0. The molecule has 0 radical (unpaired) electrons. The Morgan fingerprint density at radius 3 is 2.52 bits per heavy atom. The molecule has 2 aromatic carbocycles. The number of halogens is 3. The Bertz CT molecular complexity index is 1690. The Morgan fingerprint density at radius 1 is 1.16 bits per heavy atom. The Morgan fingerprint density at radius 2 is 1.86 bits per heavy atom. The number of fused-ring (bicyclic) bond motifs is 5. The minimum Gasteiger partial charge on any atom is -0.483 e. The van der Waals surface area contributed by atoms with Crippen LogP contribution in [-0.2, 0) is 22.8 Å². The van der Waals surface area contributed by atoms with E-state index in [0.717, 1.165) is 5.06 Å². The van der Waals surface area contributed by atoms with Gasteiger partial charge in [0.25, 0.3) is 11.8 Å². The molecule has 4 atom stereocenters. The number of hydrogen-bond donors (Lipinski definition) is 1. The van der Waals surface area contributed by atoms with Crippen molar-refractivity contribution in [3.8, 4) is 5.75 Å². The molecule has 4 heterocycles. The SMILES string of the molecule is C[C@H]1CC[C@]2(CC(C=O)N(Cc3c(F)cc(F)cc3F)O2)[C@H]2CN1C(=O)c1c(OCc3ccccc3)c(=O)c(C(N)=O)cn12. The molecule has 2 N–H and O–H groups in total. The van der Waals surface area contributed by atoms with E-state index < -0.39 is 70.1 Å². The molecule has 6 rings (SSSR count). The normalized spacial score (nSPS) is 24.7. The number of amides is 2. The van der Waals surface area contributed by atoms with Gasteiger partial charge >= 0.3 is 0 Å². The van der Waals surface area contributed by atoms with E-state index in [9.17, 15) is 32.3 Å². The molecule has 230 valence electrons. The highest BCUT2D eigenvalue weighted by molar-refractivity contribution is 5.99. The Hall–Kier alpha value is -4.49. The summed E-state index contributed by atoms with van der Waals surface area (Å²) in [6, 6.07) is 8.01. The van der Waals surface area contributed by atoms with Gasteiger partial charge in [0.15, 0.2) is 11.4 Å². The molecule has 2 saturated heterocycles. The zero-order valence-corrected chi connectivity index (χ0v) is 23.7. The minimum atomic E-state index is -1.21. The number of hydroxylamine groups is 2. The van der Waals surface area contributed by atoms with Crippen molar-refractivity contribution < 1.29 is 37.1 Å². The standard InChI is InChI=1S/C31H29F3N4O6/c1-17-7-8-31(11-20(15-39)38(44-31)13-21-23(33)9-19(32)10-24(21)34)25-14-36(17)30(42)26-28(43-16-18-5-3-2-4-6-18)27(40)22(29(35)41)12-37(25)26/h2-6,9-10,12,15,17,20,25H,7-8,11,13-14,16H2,1H3,(H2,35,41)/t17-,20?,25+,31-/m0/s1. The lowest BCUT2D eigenvalue weighted by molar-refractivity contribution is -0.225. The van der Waals surface area contributed by atoms with Crippen LogP contribution >= 0.6 is 0 Å². The second-order valence-corrected chi connectivity index (χ2v) is 11.4. The molecular formula is C31H29F3N4O6. The van der Waals surface area contributed by atoms with Gasteiger partial charge in [-0.2, -0.15) is 5.06 Å². The largest absolute Gasteiger partial charge is 0.483 e. The molecule has 2 bridgehead atoms. The molecule has 0 saturated carbocycles. The number of rotatable bonds is 7. The Kier molecular flexibility index (Phi) is 7.54. The highest BCUT2D eigenvalue weighted by atomic mass is 19.1. The molecule has 0 aliphatic carbocycles. The minimum absolute atomic E-state index is 0.0675. The van der Waals surface area contributed by atoms with Crippen molar-refractivity contribution in [1.82, 2.24) is 14.5 Å². The first-order chi connectivity index (χ1) is 21.0. The van der Waals surface area contributed by atoms with Crippen molar-refractivity contribution in [2.45, 2.75) is 63.1 Å². The monoisotopic (exact) mass is 610 g/mol. The average Bonchev–Trinajstić information content (AvgIpc) is 3.30. The van der Waals surface area contributed by atoms with E-state index in [-0.39, 0.29) is 37.1 Å². The van der Waals surface area contributed by atoms with Gasteiger partial charge in [0.2, 0.25) is 5.43 Å². The van der Waals surface area contributed by atoms with E-state index >= 15 is 0 Å². The number of ether oxygens (including phenoxy) is 1. The summed E-state index contributed by atoms with van der Waals surface area (Å²) in [5.74, 6) is -5.20. The number of aromatic nitrogens is 1. The molecule has 10 nitrogen and oxygen atoms in total. The van der Waals surface area contributed by atoms with E-state index in [1.165, 1.54) is 10.8 Å². The molecule has 1 aromatic heterocycles. The number of aldehydes is 1. The number of pyridine rings is 1. The fourth-order valence-corrected chi connectivity index (χ4v) is 6.45. The van der Waals surface area contributed by atoms with Gasteiger partial charge in [-0.25, -0.2) is 13.2 Å². The summed E-state index contributed by atoms with van der Waals surface area (Å²) in [7, 11) is 0. The van der Waals surface area contributed by atoms with Crippen LogP contribution in [0.5, 0.6) is 5.75 Å². The van der Waals surface area contributed by atoms with Crippen LogP contribution in [0.25, 0.3) is 0 Å². The maximum atomic E-state index is 14.6. The summed E-state index contributed by atoms with van der Waals surface area (Å²) < 4.78 is 50.2. The van der Waals surface area contributed by atoms with Gasteiger partial charge in [-0.3, -0.25) is 19.2 Å². The number of hydrogen-bond acceptors (Lipinski definition) is 7. The summed E-state index contributed by atoms with van der Waals surface area (Å²) in [5.41, 5.74) is 3.28.